The zero-order chi connectivity index (χ0) is 21.1. The topological polar surface area (TPSA) is 44.8 Å². The molecule has 2 aromatic rings. The Hall–Kier alpha value is -2.58. The molecule has 0 aliphatic carbocycles. The van der Waals surface area contributed by atoms with E-state index in [1.807, 2.05) is 0 Å². The molecule has 2 aromatic carbocycles. The second kappa shape index (κ2) is 8.65. The van der Waals surface area contributed by atoms with Gasteiger partial charge < -0.3 is 15.0 Å². The molecule has 0 aromatic heterocycles. The lowest BCUT2D eigenvalue weighted by molar-refractivity contribution is -0.138. The van der Waals surface area contributed by atoms with Gasteiger partial charge in [0.15, 0.2) is 0 Å². The SMILES string of the molecule is O=C1c2ccccc2N[C@@H](c2ccccc2C(F)(F)F)N1CCCN1CCOCC1. The molecule has 30 heavy (non-hydrogen) atoms. The van der Waals surface area contributed by atoms with Crippen molar-refractivity contribution in [2.45, 2.75) is 18.8 Å². The van der Waals surface area contributed by atoms with E-state index in [-0.39, 0.29) is 11.5 Å². The minimum Gasteiger partial charge on any atom is -0.379 e. The summed E-state index contributed by atoms with van der Waals surface area (Å²) in [7, 11) is 0. The van der Waals surface area contributed by atoms with Crippen LogP contribution in [-0.4, -0.2) is 55.1 Å². The number of hydrogen-bond acceptors (Lipinski definition) is 4. The van der Waals surface area contributed by atoms with E-state index in [1.54, 1.807) is 30.3 Å². The monoisotopic (exact) mass is 419 g/mol. The van der Waals surface area contributed by atoms with Crippen LogP contribution in [0.5, 0.6) is 0 Å². The highest BCUT2D eigenvalue weighted by atomic mass is 19.4. The summed E-state index contributed by atoms with van der Waals surface area (Å²) in [5.41, 5.74) is 0.352. The molecule has 1 saturated heterocycles. The standard InChI is InChI=1S/C22H24F3N3O2/c23-22(24,25)18-8-3-1-6-16(18)20-26-19-9-4-2-7-17(19)21(29)28(20)11-5-10-27-12-14-30-15-13-27/h1-4,6-9,20,26H,5,10-15H2/t20-/m1/s1. The van der Waals surface area contributed by atoms with Crippen molar-refractivity contribution in [3.8, 4) is 0 Å². The first-order chi connectivity index (χ1) is 14.4. The molecule has 1 N–H and O–H groups in total. The summed E-state index contributed by atoms with van der Waals surface area (Å²) < 4.78 is 46.4. The zero-order valence-electron chi connectivity index (χ0n) is 16.5. The number of halogens is 3. The van der Waals surface area contributed by atoms with E-state index >= 15 is 0 Å². The van der Waals surface area contributed by atoms with Crippen molar-refractivity contribution >= 4 is 11.6 Å². The van der Waals surface area contributed by atoms with Crippen LogP contribution in [0.25, 0.3) is 0 Å². The average molecular weight is 419 g/mol. The van der Waals surface area contributed by atoms with Gasteiger partial charge in [-0.1, -0.05) is 30.3 Å². The van der Waals surface area contributed by atoms with Crippen molar-refractivity contribution in [1.29, 1.82) is 0 Å². The summed E-state index contributed by atoms with van der Waals surface area (Å²) in [6.07, 6.45) is -4.71. The van der Waals surface area contributed by atoms with Crippen molar-refractivity contribution in [3.05, 3.63) is 65.2 Å². The van der Waals surface area contributed by atoms with Crippen LogP contribution in [0, 0.1) is 0 Å². The van der Waals surface area contributed by atoms with E-state index in [2.05, 4.69) is 10.2 Å². The fraction of sp³-hybridized carbons (Fsp3) is 0.409. The number of alkyl halides is 3. The average Bonchev–Trinajstić information content (AvgIpc) is 2.75. The molecular weight excluding hydrogens is 395 g/mol. The number of fused-ring (bicyclic) bond motifs is 1. The third-order valence-electron chi connectivity index (χ3n) is 5.56. The maximum atomic E-state index is 13.7. The molecule has 1 amide bonds. The van der Waals surface area contributed by atoms with Crippen LogP contribution >= 0.6 is 0 Å². The van der Waals surface area contributed by atoms with Gasteiger partial charge in [0.05, 0.1) is 24.3 Å². The molecule has 0 bridgehead atoms. The number of amides is 1. The van der Waals surface area contributed by atoms with E-state index < -0.39 is 17.9 Å². The summed E-state index contributed by atoms with van der Waals surface area (Å²) in [4.78, 5) is 17.0. The number of hydrogen-bond donors (Lipinski definition) is 1. The normalized spacial score (nSPS) is 20.0. The Kier molecular flexibility index (Phi) is 5.97. The van der Waals surface area contributed by atoms with Crippen molar-refractivity contribution < 1.29 is 22.7 Å². The molecule has 0 spiro atoms. The van der Waals surface area contributed by atoms with Crippen LogP contribution in [0.3, 0.4) is 0 Å². The number of ether oxygens (including phenoxy) is 1. The number of carbonyl (C=O) groups is 1. The molecular formula is C22H24F3N3O2. The Balaban J connectivity index is 1.62. The molecule has 8 heteroatoms. The van der Waals surface area contributed by atoms with E-state index in [1.165, 1.54) is 17.0 Å². The van der Waals surface area contributed by atoms with Gasteiger partial charge in [0.25, 0.3) is 5.91 Å². The van der Waals surface area contributed by atoms with Gasteiger partial charge in [0.2, 0.25) is 0 Å². The van der Waals surface area contributed by atoms with Crippen molar-refractivity contribution in [1.82, 2.24) is 9.80 Å². The third-order valence-corrected chi connectivity index (χ3v) is 5.56. The van der Waals surface area contributed by atoms with Crippen molar-refractivity contribution in [2.24, 2.45) is 0 Å². The van der Waals surface area contributed by atoms with Crippen LogP contribution in [0.4, 0.5) is 18.9 Å². The molecule has 5 nitrogen and oxygen atoms in total. The first kappa shape index (κ1) is 20.7. The first-order valence-electron chi connectivity index (χ1n) is 10.1. The molecule has 2 aliphatic rings. The number of nitrogens with one attached hydrogen (secondary N) is 1. The molecule has 2 aliphatic heterocycles. The Labute approximate surface area is 173 Å². The number of para-hydroxylation sites is 1. The van der Waals surface area contributed by atoms with Gasteiger partial charge in [-0.3, -0.25) is 9.69 Å². The highest BCUT2D eigenvalue weighted by molar-refractivity contribution is 6.01. The van der Waals surface area contributed by atoms with Crippen LogP contribution in [0.15, 0.2) is 48.5 Å². The molecule has 4 rings (SSSR count). The van der Waals surface area contributed by atoms with Gasteiger partial charge in [0, 0.05) is 37.4 Å². The Morgan fingerprint density at radius 1 is 1.00 bits per heavy atom. The molecule has 1 atom stereocenters. The maximum Gasteiger partial charge on any atom is 0.416 e. The van der Waals surface area contributed by atoms with Gasteiger partial charge in [0.1, 0.15) is 6.17 Å². The predicted octanol–water partition coefficient (Wildman–Crippen LogP) is 3.99. The van der Waals surface area contributed by atoms with E-state index in [0.29, 0.717) is 37.4 Å². The van der Waals surface area contributed by atoms with E-state index in [9.17, 15) is 18.0 Å². The number of rotatable bonds is 5. The molecule has 0 unspecified atom stereocenters. The maximum absolute atomic E-state index is 13.7. The highest BCUT2D eigenvalue weighted by Crippen LogP contribution is 2.39. The van der Waals surface area contributed by atoms with Crippen molar-refractivity contribution in [3.63, 3.8) is 0 Å². The van der Waals surface area contributed by atoms with Crippen LogP contribution in [0.2, 0.25) is 0 Å². The number of carbonyl (C=O) groups excluding carboxylic acids is 1. The number of anilines is 1. The third kappa shape index (κ3) is 4.29. The summed E-state index contributed by atoms with van der Waals surface area (Å²) in [6.45, 7) is 4.14. The number of morpholine rings is 1. The van der Waals surface area contributed by atoms with Crippen LogP contribution in [0.1, 0.15) is 34.1 Å². The molecule has 0 saturated carbocycles. The summed E-state index contributed by atoms with van der Waals surface area (Å²) in [5, 5.41) is 3.17. The molecule has 1 fully saturated rings. The van der Waals surface area contributed by atoms with Gasteiger partial charge in [-0.25, -0.2) is 0 Å². The fourth-order valence-corrected chi connectivity index (χ4v) is 4.05. The predicted molar refractivity (Wildman–Crippen MR) is 107 cm³/mol. The summed E-state index contributed by atoms with van der Waals surface area (Å²) in [6, 6.07) is 12.4. The largest absolute Gasteiger partial charge is 0.416 e. The van der Waals surface area contributed by atoms with Gasteiger partial charge in [-0.05, 0) is 24.6 Å². The van der Waals surface area contributed by atoms with Gasteiger partial charge in [-0.2, -0.15) is 13.2 Å². The Morgan fingerprint density at radius 2 is 1.70 bits per heavy atom. The van der Waals surface area contributed by atoms with E-state index in [0.717, 1.165) is 25.7 Å². The zero-order valence-corrected chi connectivity index (χ0v) is 16.5. The lowest BCUT2D eigenvalue weighted by Crippen LogP contribution is -2.45. The Morgan fingerprint density at radius 3 is 2.47 bits per heavy atom. The first-order valence-corrected chi connectivity index (χ1v) is 10.1. The minimum absolute atomic E-state index is 0.0548. The lowest BCUT2D eigenvalue weighted by atomic mass is 9.99. The van der Waals surface area contributed by atoms with Crippen molar-refractivity contribution in [2.75, 3.05) is 44.7 Å². The molecule has 160 valence electrons. The second-order valence-corrected chi connectivity index (χ2v) is 7.48. The summed E-state index contributed by atoms with van der Waals surface area (Å²) in [5.74, 6) is -0.256. The van der Waals surface area contributed by atoms with E-state index in [4.69, 9.17) is 4.74 Å². The van der Waals surface area contributed by atoms with Gasteiger partial charge in [-0.15, -0.1) is 0 Å². The molecule has 0 radical (unpaired) electrons. The lowest BCUT2D eigenvalue weighted by Gasteiger charge is -2.39. The smallest absolute Gasteiger partial charge is 0.379 e. The molecule has 2 heterocycles. The number of nitrogens with zero attached hydrogens (tertiary/aromatic N) is 2. The number of benzene rings is 2. The quantitative estimate of drug-likeness (QED) is 0.796. The second-order valence-electron chi connectivity index (χ2n) is 7.48. The minimum atomic E-state index is -4.50. The highest BCUT2D eigenvalue weighted by Gasteiger charge is 2.39. The Bertz CT molecular complexity index is 897. The van der Waals surface area contributed by atoms with Gasteiger partial charge >= 0.3 is 6.18 Å². The van der Waals surface area contributed by atoms with Crippen LogP contribution < -0.4 is 5.32 Å². The van der Waals surface area contributed by atoms with Crippen LogP contribution in [-0.2, 0) is 10.9 Å². The summed E-state index contributed by atoms with van der Waals surface area (Å²) >= 11 is 0. The fourth-order valence-electron chi connectivity index (χ4n) is 4.05.